The maximum atomic E-state index is 3.57. The highest BCUT2D eigenvalue weighted by Gasteiger charge is 2.21. The Hall–Kier alpha value is -0.380. The first-order chi connectivity index (χ1) is 8.96. The zero-order valence-corrected chi connectivity index (χ0v) is 13.6. The van der Waals surface area contributed by atoms with Crippen LogP contribution >= 0.6 is 11.3 Å². The molecule has 0 aliphatic carbocycles. The average molecular weight is 280 g/mol. The highest BCUT2D eigenvalue weighted by molar-refractivity contribution is 7.10. The van der Waals surface area contributed by atoms with Gasteiger partial charge in [-0.15, -0.1) is 11.3 Å². The van der Waals surface area contributed by atoms with Crippen molar-refractivity contribution in [3.05, 3.63) is 21.9 Å². The maximum Gasteiger partial charge on any atom is 0.0247 e. The Morgan fingerprint density at radius 3 is 2.95 bits per heavy atom. The molecule has 108 valence electrons. The Kier molecular flexibility index (Phi) is 5.04. The van der Waals surface area contributed by atoms with E-state index in [4.69, 9.17) is 0 Å². The lowest BCUT2D eigenvalue weighted by Crippen LogP contribution is -2.39. The van der Waals surface area contributed by atoms with Gasteiger partial charge in [-0.2, -0.15) is 0 Å². The van der Waals surface area contributed by atoms with Crippen molar-refractivity contribution in [2.24, 2.45) is 0 Å². The van der Waals surface area contributed by atoms with E-state index >= 15 is 0 Å². The molecule has 0 radical (unpaired) electrons. The molecule has 1 unspecified atom stereocenters. The SMILES string of the molecule is CC(CCCNC(C)(C)C)N1CCc2sccc2C1. The van der Waals surface area contributed by atoms with Gasteiger partial charge in [-0.3, -0.25) is 4.90 Å². The zero-order valence-electron chi connectivity index (χ0n) is 12.8. The molecule has 0 saturated heterocycles. The molecule has 0 spiro atoms. The third-order valence-electron chi connectivity index (χ3n) is 3.91. The van der Waals surface area contributed by atoms with E-state index in [2.05, 4.69) is 49.4 Å². The summed E-state index contributed by atoms with van der Waals surface area (Å²) in [6.07, 6.45) is 3.81. The highest BCUT2D eigenvalue weighted by atomic mass is 32.1. The topological polar surface area (TPSA) is 15.3 Å². The summed E-state index contributed by atoms with van der Waals surface area (Å²) in [7, 11) is 0. The minimum absolute atomic E-state index is 0.250. The van der Waals surface area contributed by atoms with E-state index in [9.17, 15) is 0 Å². The molecule has 0 amide bonds. The molecule has 1 atom stereocenters. The summed E-state index contributed by atoms with van der Waals surface area (Å²) < 4.78 is 0. The van der Waals surface area contributed by atoms with Crippen LogP contribution < -0.4 is 5.32 Å². The lowest BCUT2D eigenvalue weighted by Gasteiger charge is -2.32. The van der Waals surface area contributed by atoms with Crippen LogP contribution in [0, 0.1) is 0 Å². The molecule has 2 heterocycles. The highest BCUT2D eigenvalue weighted by Crippen LogP contribution is 2.25. The average Bonchev–Trinajstić information content (AvgIpc) is 2.80. The van der Waals surface area contributed by atoms with E-state index < -0.39 is 0 Å². The number of nitrogens with zero attached hydrogens (tertiary/aromatic N) is 1. The van der Waals surface area contributed by atoms with E-state index in [1.54, 1.807) is 10.4 Å². The first-order valence-corrected chi connectivity index (χ1v) is 8.38. The zero-order chi connectivity index (χ0) is 13.9. The first-order valence-electron chi connectivity index (χ1n) is 7.50. The van der Waals surface area contributed by atoms with E-state index in [0.717, 1.165) is 13.1 Å². The second kappa shape index (κ2) is 6.38. The summed E-state index contributed by atoms with van der Waals surface area (Å²) in [5, 5.41) is 5.82. The predicted octanol–water partition coefficient (Wildman–Crippen LogP) is 3.66. The Bertz CT molecular complexity index is 392. The maximum absolute atomic E-state index is 3.57. The van der Waals surface area contributed by atoms with E-state index in [-0.39, 0.29) is 5.54 Å². The molecule has 2 rings (SSSR count). The van der Waals surface area contributed by atoms with Gasteiger partial charge in [0.1, 0.15) is 0 Å². The van der Waals surface area contributed by atoms with E-state index in [0.29, 0.717) is 6.04 Å². The van der Waals surface area contributed by atoms with Crippen LogP contribution in [0.4, 0.5) is 0 Å². The number of hydrogen-bond acceptors (Lipinski definition) is 3. The van der Waals surface area contributed by atoms with Crippen LogP contribution in [0.5, 0.6) is 0 Å². The lowest BCUT2D eigenvalue weighted by molar-refractivity contribution is 0.180. The summed E-state index contributed by atoms with van der Waals surface area (Å²) in [6, 6.07) is 3.01. The third-order valence-corrected chi connectivity index (χ3v) is 4.94. The summed E-state index contributed by atoms with van der Waals surface area (Å²) in [4.78, 5) is 4.25. The van der Waals surface area contributed by atoms with Gasteiger partial charge in [0.05, 0.1) is 0 Å². The second-order valence-electron chi connectivity index (χ2n) is 6.76. The Balaban J connectivity index is 1.71. The van der Waals surface area contributed by atoms with Crippen molar-refractivity contribution in [3.8, 4) is 0 Å². The smallest absolute Gasteiger partial charge is 0.0247 e. The number of nitrogens with one attached hydrogen (secondary N) is 1. The van der Waals surface area contributed by atoms with Crippen molar-refractivity contribution in [1.82, 2.24) is 10.2 Å². The molecule has 0 bridgehead atoms. The van der Waals surface area contributed by atoms with Gasteiger partial charge in [-0.05, 0) is 70.5 Å². The molecular formula is C16H28N2S. The normalized spacial score (nSPS) is 18.3. The fraction of sp³-hybridized carbons (Fsp3) is 0.750. The summed E-state index contributed by atoms with van der Waals surface area (Å²) >= 11 is 1.93. The van der Waals surface area contributed by atoms with Crippen LogP contribution in [-0.2, 0) is 13.0 Å². The number of thiophene rings is 1. The quantitative estimate of drug-likeness (QED) is 0.828. The van der Waals surface area contributed by atoms with Crippen LogP contribution in [0.1, 0.15) is 51.0 Å². The molecule has 0 aromatic carbocycles. The van der Waals surface area contributed by atoms with Crippen LogP contribution in [-0.4, -0.2) is 29.6 Å². The van der Waals surface area contributed by atoms with Crippen molar-refractivity contribution in [1.29, 1.82) is 0 Å². The van der Waals surface area contributed by atoms with E-state index in [1.807, 2.05) is 11.3 Å². The molecule has 3 heteroatoms. The van der Waals surface area contributed by atoms with Gasteiger partial charge < -0.3 is 5.32 Å². The van der Waals surface area contributed by atoms with Gasteiger partial charge in [0.15, 0.2) is 0 Å². The molecule has 1 aliphatic heterocycles. The minimum atomic E-state index is 0.250. The Morgan fingerprint density at radius 2 is 2.21 bits per heavy atom. The van der Waals surface area contributed by atoms with Crippen LogP contribution in [0.25, 0.3) is 0 Å². The Morgan fingerprint density at radius 1 is 1.42 bits per heavy atom. The van der Waals surface area contributed by atoms with Crippen molar-refractivity contribution < 1.29 is 0 Å². The molecular weight excluding hydrogens is 252 g/mol. The number of rotatable bonds is 5. The molecule has 19 heavy (non-hydrogen) atoms. The summed E-state index contributed by atoms with van der Waals surface area (Å²) in [5.41, 5.74) is 1.82. The van der Waals surface area contributed by atoms with Crippen LogP contribution in [0.15, 0.2) is 11.4 Å². The standard InChI is InChI=1S/C16H28N2S/c1-13(6-5-9-17-16(2,3)4)18-10-7-15-14(12-18)8-11-19-15/h8,11,13,17H,5-7,9-10,12H2,1-4H3. The molecule has 1 aromatic heterocycles. The second-order valence-corrected chi connectivity index (χ2v) is 7.76. The molecule has 1 aromatic rings. The van der Waals surface area contributed by atoms with Crippen molar-refractivity contribution in [2.75, 3.05) is 13.1 Å². The van der Waals surface area contributed by atoms with E-state index in [1.165, 1.54) is 25.8 Å². The fourth-order valence-electron chi connectivity index (χ4n) is 2.69. The molecule has 1 N–H and O–H groups in total. The number of hydrogen-bond donors (Lipinski definition) is 1. The molecule has 0 fully saturated rings. The van der Waals surface area contributed by atoms with Gasteiger partial charge in [0.25, 0.3) is 0 Å². The van der Waals surface area contributed by atoms with Gasteiger partial charge >= 0.3 is 0 Å². The third kappa shape index (κ3) is 4.59. The first kappa shape index (κ1) is 15.0. The van der Waals surface area contributed by atoms with Gasteiger partial charge in [0.2, 0.25) is 0 Å². The fourth-order valence-corrected chi connectivity index (χ4v) is 3.58. The molecule has 0 saturated carbocycles. The molecule has 1 aliphatic rings. The van der Waals surface area contributed by atoms with Crippen molar-refractivity contribution in [2.45, 2.75) is 65.1 Å². The summed E-state index contributed by atoms with van der Waals surface area (Å²) in [6.45, 7) is 12.6. The lowest BCUT2D eigenvalue weighted by atomic mass is 10.0. The monoisotopic (exact) mass is 280 g/mol. The van der Waals surface area contributed by atoms with Crippen LogP contribution in [0.3, 0.4) is 0 Å². The minimum Gasteiger partial charge on any atom is -0.312 e. The van der Waals surface area contributed by atoms with Crippen LogP contribution in [0.2, 0.25) is 0 Å². The largest absolute Gasteiger partial charge is 0.312 e. The van der Waals surface area contributed by atoms with Gasteiger partial charge in [-0.1, -0.05) is 0 Å². The number of fused-ring (bicyclic) bond motifs is 1. The van der Waals surface area contributed by atoms with Crippen molar-refractivity contribution in [3.63, 3.8) is 0 Å². The van der Waals surface area contributed by atoms with Gasteiger partial charge in [0, 0.05) is 29.5 Å². The Labute approximate surface area is 122 Å². The molecule has 2 nitrogen and oxygen atoms in total. The van der Waals surface area contributed by atoms with Gasteiger partial charge in [-0.25, -0.2) is 0 Å². The van der Waals surface area contributed by atoms with Crippen molar-refractivity contribution >= 4 is 11.3 Å². The summed E-state index contributed by atoms with van der Waals surface area (Å²) in [5.74, 6) is 0. The predicted molar refractivity (Wildman–Crippen MR) is 84.9 cm³/mol.